The van der Waals surface area contributed by atoms with Crippen molar-refractivity contribution >= 4 is 11.8 Å². The third-order valence-electron chi connectivity index (χ3n) is 7.67. The van der Waals surface area contributed by atoms with E-state index in [-0.39, 0.29) is 0 Å². The summed E-state index contributed by atoms with van der Waals surface area (Å²) in [5, 5.41) is 31.0. The van der Waals surface area contributed by atoms with Gasteiger partial charge in [0.05, 0.1) is 6.61 Å². The summed E-state index contributed by atoms with van der Waals surface area (Å²) in [6.45, 7) is 3.85. The molecule has 1 saturated carbocycles. The maximum Gasteiger partial charge on any atom is 0.132 e. The van der Waals surface area contributed by atoms with Crippen molar-refractivity contribution in [2.45, 2.75) is 61.5 Å². The van der Waals surface area contributed by atoms with Crippen LogP contribution in [-0.4, -0.2) is 58.5 Å². The molecule has 2 saturated heterocycles. The first-order valence-electron chi connectivity index (χ1n) is 11.4. The quantitative estimate of drug-likeness (QED) is 0.642. The summed E-state index contributed by atoms with van der Waals surface area (Å²) in [6.07, 6.45) is 0.789. The van der Waals surface area contributed by atoms with Gasteiger partial charge in [0.25, 0.3) is 0 Å². The number of rotatable bonds is 5. The number of aliphatic hydroxyl groups is 3. The second kappa shape index (κ2) is 8.75. The van der Waals surface area contributed by atoms with E-state index in [0.717, 1.165) is 31.6 Å². The predicted octanol–water partition coefficient (Wildman–Crippen LogP) is 3.11. The number of ether oxygens (including phenoxy) is 2. The summed E-state index contributed by atoms with van der Waals surface area (Å²) in [4.78, 5) is 0. The molecular weight excluding hydrogens is 424 g/mol. The molecule has 6 heteroatoms. The van der Waals surface area contributed by atoms with Crippen molar-refractivity contribution in [2.24, 2.45) is 5.92 Å². The van der Waals surface area contributed by atoms with Gasteiger partial charge in [-0.1, -0.05) is 42.5 Å². The van der Waals surface area contributed by atoms with Gasteiger partial charge in [-0.3, -0.25) is 0 Å². The fourth-order valence-corrected chi connectivity index (χ4v) is 6.11. The Morgan fingerprint density at radius 2 is 1.81 bits per heavy atom. The summed E-state index contributed by atoms with van der Waals surface area (Å²) in [6, 6.07) is 15.1. The van der Waals surface area contributed by atoms with E-state index >= 15 is 0 Å². The lowest BCUT2D eigenvalue weighted by Crippen LogP contribution is -2.52. The maximum atomic E-state index is 10.6. The van der Waals surface area contributed by atoms with Gasteiger partial charge in [-0.2, -0.15) is 0 Å². The molecule has 1 aliphatic carbocycles. The number of aliphatic hydroxyl groups excluding tert-OH is 3. The molecule has 7 atom stereocenters. The largest absolute Gasteiger partial charge is 0.387 e. The Hall–Kier alpha value is -1.41. The smallest absolute Gasteiger partial charge is 0.132 e. The Morgan fingerprint density at radius 1 is 1.03 bits per heavy atom. The molecule has 2 aromatic carbocycles. The van der Waals surface area contributed by atoms with Crippen molar-refractivity contribution in [1.82, 2.24) is 0 Å². The molecule has 2 aliphatic heterocycles. The number of aryl methyl sites for hydroxylation is 1. The zero-order chi connectivity index (χ0) is 22.5. The van der Waals surface area contributed by atoms with Gasteiger partial charge < -0.3 is 24.8 Å². The number of hydrogen-bond donors (Lipinski definition) is 3. The molecule has 3 N–H and O–H groups in total. The second-order valence-corrected chi connectivity index (χ2v) is 10.5. The number of fused-ring (bicyclic) bond motifs is 1. The Morgan fingerprint density at radius 3 is 2.53 bits per heavy atom. The van der Waals surface area contributed by atoms with E-state index in [0.29, 0.717) is 11.3 Å². The van der Waals surface area contributed by atoms with E-state index in [1.165, 1.54) is 40.4 Å². The summed E-state index contributed by atoms with van der Waals surface area (Å²) in [7, 11) is 0. The van der Waals surface area contributed by atoms with Gasteiger partial charge in [0.2, 0.25) is 0 Å². The van der Waals surface area contributed by atoms with Crippen LogP contribution in [0, 0.1) is 12.8 Å². The Bertz CT molecular complexity index is 961. The average molecular weight is 457 g/mol. The maximum absolute atomic E-state index is 10.6. The zero-order valence-corrected chi connectivity index (χ0v) is 19.4. The Kier molecular flexibility index (Phi) is 6.12. The third kappa shape index (κ3) is 3.91. The van der Waals surface area contributed by atoms with Crippen LogP contribution < -0.4 is 0 Å². The minimum absolute atomic E-state index is 0.348. The highest BCUT2D eigenvalue weighted by molar-refractivity contribution is 7.99. The Labute approximate surface area is 193 Å². The minimum Gasteiger partial charge on any atom is -0.387 e. The third-order valence-corrected chi connectivity index (χ3v) is 8.53. The molecule has 3 unspecified atom stereocenters. The molecule has 3 aliphatic rings. The van der Waals surface area contributed by atoms with Gasteiger partial charge >= 0.3 is 0 Å². The molecule has 0 amide bonds. The standard InChI is InChI=1S/C26H32O5S/c1-15-3-6-17(24-22(28)21(27)23(29)25(31-24)32-2)12-18(15)11-16-4-7-19(8-5-16)26-9-10-30-14-20(26)13-26/h3-8,12,20-25,27-29H,9-11,13-14H2,1-2H3/t20?,21-,22-,23+,24?,25-,26?/m1/s1. The Balaban J connectivity index is 1.34. The molecule has 0 bridgehead atoms. The van der Waals surface area contributed by atoms with Crippen LogP contribution in [0.4, 0.5) is 0 Å². The van der Waals surface area contributed by atoms with Gasteiger partial charge in [0.1, 0.15) is 29.9 Å². The van der Waals surface area contributed by atoms with Crippen LogP contribution in [0.1, 0.15) is 46.8 Å². The predicted molar refractivity (Wildman–Crippen MR) is 125 cm³/mol. The van der Waals surface area contributed by atoms with Crippen molar-refractivity contribution in [2.75, 3.05) is 19.5 Å². The average Bonchev–Trinajstić information content (AvgIpc) is 3.56. The van der Waals surface area contributed by atoms with Gasteiger partial charge in [0.15, 0.2) is 0 Å². The van der Waals surface area contributed by atoms with E-state index in [9.17, 15) is 15.3 Å². The highest BCUT2D eigenvalue weighted by Crippen LogP contribution is 2.58. The topological polar surface area (TPSA) is 79.2 Å². The van der Waals surface area contributed by atoms with Gasteiger partial charge in [-0.25, -0.2) is 0 Å². The SMILES string of the molecule is CS[C@H]1OC(c2ccc(C)c(Cc3ccc(C45CCOCC4C5)cc3)c2)[C@H](O)[C@@H](O)[C@@H]1O. The fraction of sp³-hybridized carbons (Fsp3) is 0.538. The van der Waals surface area contributed by atoms with Crippen LogP contribution in [0.3, 0.4) is 0 Å². The molecule has 32 heavy (non-hydrogen) atoms. The second-order valence-electron chi connectivity index (χ2n) is 9.57. The number of benzene rings is 2. The monoisotopic (exact) mass is 456 g/mol. The van der Waals surface area contributed by atoms with E-state index in [1.54, 1.807) is 0 Å². The first-order chi connectivity index (χ1) is 15.4. The molecule has 0 spiro atoms. The van der Waals surface area contributed by atoms with Crippen molar-refractivity contribution < 1.29 is 24.8 Å². The van der Waals surface area contributed by atoms with Crippen molar-refractivity contribution in [1.29, 1.82) is 0 Å². The minimum atomic E-state index is -1.24. The van der Waals surface area contributed by atoms with Crippen LogP contribution in [0.15, 0.2) is 42.5 Å². The zero-order valence-electron chi connectivity index (χ0n) is 18.6. The van der Waals surface area contributed by atoms with Crippen molar-refractivity contribution in [3.63, 3.8) is 0 Å². The van der Waals surface area contributed by atoms with Crippen molar-refractivity contribution in [3.05, 3.63) is 70.3 Å². The lowest BCUT2D eigenvalue weighted by Gasteiger charge is -2.40. The van der Waals surface area contributed by atoms with Crippen LogP contribution in [-0.2, 0) is 21.3 Å². The highest BCUT2D eigenvalue weighted by atomic mass is 32.2. The summed E-state index contributed by atoms with van der Waals surface area (Å²) >= 11 is 1.33. The molecule has 2 heterocycles. The molecule has 3 fully saturated rings. The molecule has 5 rings (SSSR count). The van der Waals surface area contributed by atoms with Crippen molar-refractivity contribution in [3.8, 4) is 0 Å². The molecule has 172 valence electrons. The summed E-state index contributed by atoms with van der Waals surface area (Å²) in [5.41, 5.74) is 5.62. The summed E-state index contributed by atoms with van der Waals surface area (Å²) < 4.78 is 11.6. The van der Waals surface area contributed by atoms with Crippen LogP contribution in [0.2, 0.25) is 0 Å². The normalized spacial score (nSPS) is 36.5. The molecule has 5 nitrogen and oxygen atoms in total. The van der Waals surface area contributed by atoms with E-state index < -0.39 is 29.9 Å². The van der Waals surface area contributed by atoms with Crippen LogP contribution in [0.5, 0.6) is 0 Å². The molecule has 0 aromatic heterocycles. The number of hydrogen-bond acceptors (Lipinski definition) is 6. The first-order valence-corrected chi connectivity index (χ1v) is 12.7. The number of thioether (sulfide) groups is 1. The van der Waals surface area contributed by atoms with Crippen LogP contribution >= 0.6 is 11.8 Å². The lowest BCUT2D eigenvalue weighted by atomic mass is 9.87. The van der Waals surface area contributed by atoms with Gasteiger partial charge in [-0.05, 0) is 66.2 Å². The van der Waals surface area contributed by atoms with Gasteiger partial charge in [0, 0.05) is 12.0 Å². The van der Waals surface area contributed by atoms with Gasteiger partial charge in [-0.15, -0.1) is 11.8 Å². The van der Waals surface area contributed by atoms with E-state index in [4.69, 9.17) is 9.47 Å². The van der Waals surface area contributed by atoms with E-state index in [1.807, 2.05) is 18.4 Å². The highest BCUT2D eigenvalue weighted by Gasteiger charge is 2.56. The molecule has 0 radical (unpaired) electrons. The lowest BCUT2D eigenvalue weighted by molar-refractivity contribution is -0.200. The fourth-order valence-electron chi connectivity index (χ4n) is 5.43. The molecular formula is C26H32O5S. The summed E-state index contributed by atoms with van der Waals surface area (Å²) in [5.74, 6) is 0.682. The molecule has 2 aromatic rings. The first kappa shape index (κ1) is 22.4. The van der Waals surface area contributed by atoms with Crippen LogP contribution in [0.25, 0.3) is 0 Å². The van der Waals surface area contributed by atoms with E-state index in [2.05, 4.69) is 37.3 Å².